The molecular weight excluding hydrogens is 248 g/mol. The van der Waals surface area contributed by atoms with Crippen molar-refractivity contribution in [1.82, 2.24) is 0 Å². The molecule has 2 N–H and O–H groups in total. The molecule has 0 amide bonds. The van der Waals surface area contributed by atoms with E-state index in [-0.39, 0.29) is 0 Å². The van der Waals surface area contributed by atoms with E-state index in [1.54, 1.807) is 0 Å². The minimum atomic E-state index is 0.309. The topological polar surface area (TPSA) is 35.5 Å². The van der Waals surface area contributed by atoms with Crippen molar-refractivity contribution in [3.8, 4) is 0 Å². The van der Waals surface area contributed by atoms with E-state index in [9.17, 15) is 0 Å². The van der Waals surface area contributed by atoms with Gasteiger partial charge in [0.15, 0.2) is 0 Å². The van der Waals surface area contributed by atoms with Gasteiger partial charge in [-0.2, -0.15) is 0 Å². The van der Waals surface area contributed by atoms with E-state index in [0.29, 0.717) is 6.61 Å². The summed E-state index contributed by atoms with van der Waals surface area (Å²) < 4.78 is 0. The van der Waals surface area contributed by atoms with Gasteiger partial charge in [-0.25, -0.2) is 0 Å². The summed E-state index contributed by atoms with van der Waals surface area (Å²) in [5.41, 5.74) is 2.55. The van der Waals surface area contributed by atoms with Crippen LogP contribution >= 0.6 is 0 Å². The Kier molecular flexibility index (Phi) is 6.19. The summed E-state index contributed by atoms with van der Waals surface area (Å²) in [6, 6.07) is 8.82. The summed E-state index contributed by atoms with van der Waals surface area (Å²) in [6.45, 7) is 6.02. The Morgan fingerprint density at radius 1 is 1.10 bits per heavy atom. The summed E-state index contributed by atoms with van der Waals surface area (Å²) in [6.07, 6.45) is 5.74. The van der Waals surface area contributed by atoms with Crippen molar-refractivity contribution in [2.45, 2.75) is 39.0 Å². The molecule has 1 aliphatic rings. The van der Waals surface area contributed by atoms with Crippen LogP contribution in [0.5, 0.6) is 0 Å². The zero-order chi connectivity index (χ0) is 14.2. The minimum absolute atomic E-state index is 0.309. The van der Waals surface area contributed by atoms with Crippen LogP contribution in [0.1, 0.15) is 39.0 Å². The third-order valence-electron chi connectivity index (χ3n) is 4.18. The largest absolute Gasteiger partial charge is 0.396 e. The highest BCUT2D eigenvalue weighted by Crippen LogP contribution is 2.24. The lowest BCUT2D eigenvalue weighted by atomic mass is 9.99. The van der Waals surface area contributed by atoms with Crippen LogP contribution in [0.3, 0.4) is 0 Å². The Morgan fingerprint density at radius 2 is 1.80 bits per heavy atom. The molecule has 0 aliphatic carbocycles. The monoisotopic (exact) mass is 276 g/mol. The first kappa shape index (κ1) is 15.2. The van der Waals surface area contributed by atoms with Crippen molar-refractivity contribution in [3.63, 3.8) is 0 Å². The van der Waals surface area contributed by atoms with Gasteiger partial charge in [0, 0.05) is 37.6 Å². The molecule has 1 heterocycles. The minimum Gasteiger partial charge on any atom is -0.396 e. The molecular formula is C17H28N2O. The summed E-state index contributed by atoms with van der Waals surface area (Å²) in [5, 5.41) is 12.2. The number of aliphatic hydroxyl groups is 1. The van der Waals surface area contributed by atoms with Crippen molar-refractivity contribution >= 4 is 11.4 Å². The van der Waals surface area contributed by atoms with Crippen molar-refractivity contribution in [3.05, 3.63) is 24.3 Å². The SMILES string of the molecule is CC1CCN(c2ccc(NCCCCCO)cc2)CC1. The van der Waals surface area contributed by atoms with Gasteiger partial charge in [0.2, 0.25) is 0 Å². The van der Waals surface area contributed by atoms with E-state index < -0.39 is 0 Å². The van der Waals surface area contributed by atoms with Gasteiger partial charge in [-0.15, -0.1) is 0 Å². The molecule has 112 valence electrons. The average Bonchev–Trinajstić information content (AvgIpc) is 2.49. The fraction of sp³-hybridized carbons (Fsp3) is 0.647. The number of hydrogen-bond acceptors (Lipinski definition) is 3. The lowest BCUT2D eigenvalue weighted by Gasteiger charge is -2.32. The Morgan fingerprint density at radius 3 is 2.45 bits per heavy atom. The molecule has 0 spiro atoms. The summed E-state index contributed by atoms with van der Waals surface area (Å²) >= 11 is 0. The fourth-order valence-electron chi connectivity index (χ4n) is 2.70. The van der Waals surface area contributed by atoms with E-state index in [1.807, 2.05) is 0 Å². The van der Waals surface area contributed by atoms with Gasteiger partial charge in [0.1, 0.15) is 0 Å². The highest BCUT2D eigenvalue weighted by Gasteiger charge is 2.15. The van der Waals surface area contributed by atoms with Gasteiger partial charge in [0.05, 0.1) is 0 Å². The predicted molar refractivity (Wildman–Crippen MR) is 86.5 cm³/mol. The molecule has 0 saturated carbocycles. The molecule has 2 rings (SSSR count). The number of anilines is 2. The lowest BCUT2D eigenvalue weighted by molar-refractivity contribution is 0.283. The molecule has 0 bridgehead atoms. The zero-order valence-corrected chi connectivity index (χ0v) is 12.6. The molecule has 0 radical (unpaired) electrons. The average molecular weight is 276 g/mol. The Labute approximate surface area is 123 Å². The molecule has 3 heteroatoms. The second kappa shape index (κ2) is 8.15. The van der Waals surface area contributed by atoms with Crippen LogP contribution in [0.4, 0.5) is 11.4 Å². The molecule has 0 atom stereocenters. The van der Waals surface area contributed by atoms with Gasteiger partial charge in [-0.3, -0.25) is 0 Å². The molecule has 1 fully saturated rings. The number of nitrogens with zero attached hydrogens (tertiary/aromatic N) is 1. The van der Waals surface area contributed by atoms with Crippen LogP contribution < -0.4 is 10.2 Å². The van der Waals surface area contributed by atoms with Gasteiger partial charge in [0.25, 0.3) is 0 Å². The highest BCUT2D eigenvalue weighted by molar-refractivity contribution is 5.55. The van der Waals surface area contributed by atoms with Crippen molar-refractivity contribution in [2.75, 3.05) is 36.5 Å². The van der Waals surface area contributed by atoms with Crippen LogP contribution in [0, 0.1) is 5.92 Å². The number of piperidine rings is 1. The number of hydrogen-bond donors (Lipinski definition) is 2. The quantitative estimate of drug-likeness (QED) is 0.748. The molecule has 1 saturated heterocycles. The van der Waals surface area contributed by atoms with Gasteiger partial charge in [-0.1, -0.05) is 6.92 Å². The first-order valence-corrected chi connectivity index (χ1v) is 7.99. The molecule has 3 nitrogen and oxygen atoms in total. The van der Waals surface area contributed by atoms with Crippen LogP contribution in [0.2, 0.25) is 0 Å². The van der Waals surface area contributed by atoms with Crippen molar-refractivity contribution in [2.24, 2.45) is 5.92 Å². The maximum Gasteiger partial charge on any atom is 0.0431 e. The Balaban J connectivity index is 1.75. The predicted octanol–water partition coefficient (Wildman–Crippen LogP) is 3.50. The smallest absolute Gasteiger partial charge is 0.0431 e. The van der Waals surface area contributed by atoms with E-state index in [0.717, 1.165) is 31.7 Å². The van der Waals surface area contributed by atoms with Crippen LogP contribution in [0.15, 0.2) is 24.3 Å². The zero-order valence-electron chi connectivity index (χ0n) is 12.6. The van der Waals surface area contributed by atoms with Gasteiger partial charge in [-0.05, 0) is 62.3 Å². The lowest BCUT2D eigenvalue weighted by Crippen LogP contribution is -2.32. The molecule has 0 unspecified atom stereocenters. The van der Waals surface area contributed by atoms with E-state index in [4.69, 9.17) is 5.11 Å². The normalized spacial score (nSPS) is 16.4. The number of nitrogens with one attached hydrogen (secondary N) is 1. The summed E-state index contributed by atoms with van der Waals surface area (Å²) in [5.74, 6) is 0.881. The van der Waals surface area contributed by atoms with E-state index >= 15 is 0 Å². The Hall–Kier alpha value is -1.22. The highest BCUT2D eigenvalue weighted by atomic mass is 16.2. The molecule has 1 aliphatic heterocycles. The van der Waals surface area contributed by atoms with Crippen LogP contribution in [0.25, 0.3) is 0 Å². The number of benzene rings is 1. The second-order valence-electron chi connectivity index (χ2n) is 5.93. The number of aliphatic hydroxyl groups excluding tert-OH is 1. The first-order valence-electron chi connectivity index (χ1n) is 7.99. The summed E-state index contributed by atoms with van der Waals surface area (Å²) in [7, 11) is 0. The van der Waals surface area contributed by atoms with E-state index in [1.165, 1.54) is 37.3 Å². The third kappa shape index (κ3) is 4.71. The second-order valence-corrected chi connectivity index (χ2v) is 5.93. The van der Waals surface area contributed by atoms with Crippen LogP contribution in [-0.2, 0) is 0 Å². The first-order chi connectivity index (χ1) is 9.79. The fourth-order valence-corrected chi connectivity index (χ4v) is 2.70. The van der Waals surface area contributed by atoms with Gasteiger partial charge >= 0.3 is 0 Å². The van der Waals surface area contributed by atoms with Gasteiger partial charge < -0.3 is 15.3 Å². The van der Waals surface area contributed by atoms with Crippen molar-refractivity contribution in [1.29, 1.82) is 0 Å². The summed E-state index contributed by atoms with van der Waals surface area (Å²) in [4.78, 5) is 2.49. The Bertz CT molecular complexity index is 369. The molecule has 1 aromatic rings. The van der Waals surface area contributed by atoms with E-state index in [2.05, 4.69) is 41.4 Å². The standard InChI is InChI=1S/C17H28N2O/c1-15-9-12-19(13-10-15)17-7-5-16(6-8-17)18-11-3-2-4-14-20/h5-8,15,18,20H,2-4,9-14H2,1H3. The maximum atomic E-state index is 8.73. The number of unbranched alkanes of at least 4 members (excludes halogenated alkanes) is 2. The maximum absolute atomic E-state index is 8.73. The molecule has 20 heavy (non-hydrogen) atoms. The number of rotatable bonds is 7. The third-order valence-corrected chi connectivity index (χ3v) is 4.18. The molecule has 0 aromatic heterocycles. The molecule has 1 aromatic carbocycles. The van der Waals surface area contributed by atoms with Crippen LogP contribution in [-0.4, -0.2) is 31.3 Å². The van der Waals surface area contributed by atoms with Crippen molar-refractivity contribution < 1.29 is 5.11 Å².